The number of nitrogens with one attached hydrogen (secondary N) is 1. The summed E-state index contributed by atoms with van der Waals surface area (Å²) in [6.07, 6.45) is 6.07. The topological polar surface area (TPSA) is 68.1 Å². The molecule has 0 spiro atoms. The third-order valence-corrected chi connectivity index (χ3v) is 3.92. The van der Waals surface area contributed by atoms with Crippen molar-refractivity contribution in [2.24, 2.45) is 5.92 Å². The highest BCUT2D eigenvalue weighted by Crippen LogP contribution is 2.29. The molecule has 6 heteroatoms. The second-order valence-corrected chi connectivity index (χ2v) is 5.75. The summed E-state index contributed by atoms with van der Waals surface area (Å²) in [7, 11) is 0. The third-order valence-electron chi connectivity index (χ3n) is 3.31. The van der Waals surface area contributed by atoms with Gasteiger partial charge in [0.2, 0.25) is 0 Å². The van der Waals surface area contributed by atoms with Gasteiger partial charge in [0.25, 0.3) is 5.69 Å². The Labute approximate surface area is 114 Å². The number of hydrogen-bond donors (Lipinski definition) is 1. The Morgan fingerprint density at radius 3 is 2.94 bits per heavy atom. The van der Waals surface area contributed by atoms with E-state index < -0.39 is 4.92 Å². The highest BCUT2D eigenvalue weighted by atomic mass is 79.9. The molecule has 1 aromatic rings. The highest BCUT2D eigenvalue weighted by molar-refractivity contribution is 9.10. The standard InChI is InChI=1S/C12H16BrN3O2/c1-8-3-2-4-9(5-8)15-12-11(13)6-10(7-14-12)16(17)18/h6-9H,2-5H2,1H3,(H,14,15). The van der Waals surface area contributed by atoms with Crippen molar-refractivity contribution in [1.29, 1.82) is 0 Å². The van der Waals surface area contributed by atoms with E-state index in [1.54, 1.807) is 0 Å². The van der Waals surface area contributed by atoms with E-state index in [1.807, 2.05) is 0 Å². The van der Waals surface area contributed by atoms with E-state index in [-0.39, 0.29) is 5.69 Å². The van der Waals surface area contributed by atoms with Crippen molar-refractivity contribution in [2.45, 2.75) is 38.6 Å². The predicted molar refractivity (Wildman–Crippen MR) is 73.6 cm³/mol. The monoisotopic (exact) mass is 313 g/mol. The first-order chi connectivity index (χ1) is 8.56. The quantitative estimate of drug-likeness (QED) is 0.681. The molecule has 1 aromatic heterocycles. The van der Waals surface area contributed by atoms with Crippen LogP contribution in [0.3, 0.4) is 0 Å². The van der Waals surface area contributed by atoms with E-state index in [1.165, 1.54) is 25.1 Å². The van der Waals surface area contributed by atoms with Crippen LogP contribution in [-0.2, 0) is 0 Å². The number of hydrogen-bond acceptors (Lipinski definition) is 4. The number of nitro groups is 1. The Morgan fingerprint density at radius 2 is 2.33 bits per heavy atom. The SMILES string of the molecule is CC1CCCC(Nc2ncc([N+](=O)[O-])cc2Br)C1. The smallest absolute Gasteiger partial charge is 0.288 e. The van der Waals surface area contributed by atoms with Gasteiger partial charge in [0, 0.05) is 12.1 Å². The number of rotatable bonds is 3. The van der Waals surface area contributed by atoms with Gasteiger partial charge >= 0.3 is 0 Å². The van der Waals surface area contributed by atoms with Crippen LogP contribution in [0.5, 0.6) is 0 Å². The summed E-state index contributed by atoms with van der Waals surface area (Å²) in [5.41, 5.74) is 0.00411. The molecule has 1 aliphatic carbocycles. The number of aromatic nitrogens is 1. The molecular weight excluding hydrogens is 298 g/mol. The molecule has 0 bridgehead atoms. The van der Waals surface area contributed by atoms with Gasteiger partial charge in [-0.05, 0) is 34.7 Å². The lowest BCUT2D eigenvalue weighted by Crippen LogP contribution is -2.26. The average Bonchev–Trinajstić information content (AvgIpc) is 2.31. The van der Waals surface area contributed by atoms with E-state index in [0.29, 0.717) is 16.3 Å². The van der Waals surface area contributed by atoms with E-state index in [4.69, 9.17) is 0 Å². The van der Waals surface area contributed by atoms with Crippen molar-refractivity contribution in [3.63, 3.8) is 0 Å². The van der Waals surface area contributed by atoms with Gasteiger partial charge in [0.05, 0.1) is 9.40 Å². The van der Waals surface area contributed by atoms with Crippen LogP contribution in [0.4, 0.5) is 11.5 Å². The minimum atomic E-state index is -0.440. The van der Waals surface area contributed by atoms with Crippen molar-refractivity contribution >= 4 is 27.4 Å². The van der Waals surface area contributed by atoms with E-state index in [0.717, 1.165) is 18.8 Å². The van der Waals surface area contributed by atoms with Crippen LogP contribution in [0, 0.1) is 16.0 Å². The highest BCUT2D eigenvalue weighted by Gasteiger charge is 2.20. The molecule has 0 aromatic carbocycles. The fourth-order valence-corrected chi connectivity index (χ4v) is 2.84. The van der Waals surface area contributed by atoms with Crippen LogP contribution in [0.1, 0.15) is 32.6 Å². The maximum Gasteiger partial charge on any atom is 0.288 e. The molecule has 98 valence electrons. The Kier molecular flexibility index (Phi) is 4.16. The van der Waals surface area contributed by atoms with Gasteiger partial charge in [0.1, 0.15) is 12.0 Å². The number of anilines is 1. The van der Waals surface area contributed by atoms with E-state index in [9.17, 15) is 10.1 Å². The zero-order valence-electron chi connectivity index (χ0n) is 10.2. The van der Waals surface area contributed by atoms with Crippen molar-refractivity contribution in [3.05, 3.63) is 26.9 Å². The summed E-state index contributed by atoms with van der Waals surface area (Å²) in [6, 6.07) is 1.90. The summed E-state index contributed by atoms with van der Waals surface area (Å²) in [6.45, 7) is 2.26. The molecule has 1 fully saturated rings. The largest absolute Gasteiger partial charge is 0.366 e. The Hall–Kier alpha value is -1.17. The molecule has 2 rings (SSSR count). The molecule has 1 N–H and O–H groups in total. The first kappa shape index (κ1) is 13.3. The third kappa shape index (κ3) is 3.19. The van der Waals surface area contributed by atoms with E-state index in [2.05, 4.69) is 33.2 Å². The second-order valence-electron chi connectivity index (χ2n) is 4.89. The van der Waals surface area contributed by atoms with Crippen molar-refractivity contribution in [1.82, 2.24) is 4.98 Å². The molecule has 0 amide bonds. The summed E-state index contributed by atoms with van der Waals surface area (Å²) in [4.78, 5) is 14.3. The van der Waals surface area contributed by atoms with Gasteiger partial charge in [-0.2, -0.15) is 0 Å². The first-order valence-corrected chi connectivity index (χ1v) is 6.92. The van der Waals surface area contributed by atoms with Crippen LogP contribution < -0.4 is 5.32 Å². The Bertz CT molecular complexity index is 453. The Morgan fingerprint density at radius 1 is 1.56 bits per heavy atom. The van der Waals surface area contributed by atoms with Crippen molar-refractivity contribution in [3.8, 4) is 0 Å². The van der Waals surface area contributed by atoms with Crippen molar-refractivity contribution < 1.29 is 4.92 Å². The van der Waals surface area contributed by atoms with Crippen LogP contribution in [0.15, 0.2) is 16.7 Å². The zero-order valence-corrected chi connectivity index (χ0v) is 11.8. The summed E-state index contributed by atoms with van der Waals surface area (Å²) < 4.78 is 0.648. The van der Waals surface area contributed by atoms with Crippen LogP contribution in [0.25, 0.3) is 0 Å². The van der Waals surface area contributed by atoms with Crippen molar-refractivity contribution in [2.75, 3.05) is 5.32 Å². The molecule has 0 saturated heterocycles. The second kappa shape index (κ2) is 5.65. The number of halogens is 1. The summed E-state index contributed by atoms with van der Waals surface area (Å²) >= 11 is 3.33. The summed E-state index contributed by atoms with van der Waals surface area (Å²) in [5, 5.41) is 14.0. The molecule has 2 atom stereocenters. The predicted octanol–water partition coefficient (Wildman–Crippen LogP) is 3.74. The van der Waals surface area contributed by atoms with E-state index >= 15 is 0 Å². The molecule has 5 nitrogen and oxygen atoms in total. The van der Waals surface area contributed by atoms with Crippen LogP contribution >= 0.6 is 15.9 Å². The first-order valence-electron chi connectivity index (χ1n) is 6.12. The Balaban J connectivity index is 2.07. The lowest BCUT2D eigenvalue weighted by atomic mass is 9.87. The maximum atomic E-state index is 10.6. The lowest BCUT2D eigenvalue weighted by molar-refractivity contribution is -0.385. The van der Waals surface area contributed by atoms with Crippen LogP contribution in [0.2, 0.25) is 0 Å². The number of pyridine rings is 1. The fourth-order valence-electron chi connectivity index (χ4n) is 2.39. The molecular formula is C12H16BrN3O2. The van der Waals surface area contributed by atoms with Crippen LogP contribution in [-0.4, -0.2) is 15.9 Å². The number of nitrogens with zero attached hydrogens (tertiary/aromatic N) is 2. The molecule has 0 radical (unpaired) electrons. The van der Waals surface area contributed by atoms with Gasteiger partial charge in [-0.15, -0.1) is 0 Å². The van der Waals surface area contributed by atoms with Gasteiger partial charge in [-0.3, -0.25) is 10.1 Å². The normalized spacial score (nSPS) is 23.7. The van der Waals surface area contributed by atoms with Gasteiger partial charge in [0.15, 0.2) is 0 Å². The average molecular weight is 314 g/mol. The molecule has 1 heterocycles. The minimum absolute atomic E-state index is 0.00411. The minimum Gasteiger partial charge on any atom is -0.366 e. The van der Waals surface area contributed by atoms with Gasteiger partial charge < -0.3 is 5.32 Å². The molecule has 1 saturated carbocycles. The molecule has 1 aliphatic rings. The fraction of sp³-hybridized carbons (Fsp3) is 0.583. The lowest BCUT2D eigenvalue weighted by Gasteiger charge is -2.28. The molecule has 2 unspecified atom stereocenters. The molecule has 18 heavy (non-hydrogen) atoms. The zero-order chi connectivity index (χ0) is 13.1. The van der Waals surface area contributed by atoms with Gasteiger partial charge in [-0.1, -0.05) is 19.8 Å². The summed E-state index contributed by atoms with van der Waals surface area (Å²) in [5.74, 6) is 1.42. The van der Waals surface area contributed by atoms with Gasteiger partial charge in [-0.25, -0.2) is 4.98 Å². The maximum absolute atomic E-state index is 10.6. The molecule has 0 aliphatic heterocycles.